The molecule has 30 heavy (non-hydrogen) atoms. The van der Waals surface area contributed by atoms with Crippen LogP contribution in [-0.4, -0.2) is 25.3 Å². The maximum absolute atomic E-state index is 11.7. The van der Waals surface area contributed by atoms with E-state index in [0.29, 0.717) is 35.4 Å². The molecular weight excluding hydrogens is 372 g/mol. The summed E-state index contributed by atoms with van der Waals surface area (Å²) in [5.41, 5.74) is 0.900. The average molecular weight is 417 g/mol. The first-order chi connectivity index (χ1) is 14.2. The normalized spacial score (nSPS) is 54.9. The Kier molecular flexibility index (Phi) is 5.12. The molecule has 5 fully saturated rings. The molecule has 0 aromatic carbocycles. The van der Waals surface area contributed by atoms with Crippen molar-refractivity contribution in [3.05, 3.63) is 0 Å². The van der Waals surface area contributed by atoms with Gasteiger partial charge in [0.2, 0.25) is 0 Å². The molecule has 4 saturated carbocycles. The van der Waals surface area contributed by atoms with E-state index in [1.807, 2.05) is 0 Å². The van der Waals surface area contributed by atoms with Crippen molar-refractivity contribution in [1.29, 1.82) is 0 Å². The number of carbonyl (C=O) groups excluding carboxylic acids is 1. The largest absolute Gasteiger partial charge is 0.469 e. The molecule has 0 spiro atoms. The van der Waals surface area contributed by atoms with Crippen molar-refractivity contribution in [3.8, 4) is 0 Å². The average Bonchev–Trinajstić information content (AvgIpc) is 3.42. The monoisotopic (exact) mass is 416 g/mol. The predicted octanol–water partition coefficient (Wildman–Crippen LogP) is 6.10. The Morgan fingerprint density at radius 1 is 1.07 bits per heavy atom. The van der Waals surface area contributed by atoms with Gasteiger partial charge < -0.3 is 9.47 Å². The third-order valence-electron chi connectivity index (χ3n) is 11.6. The van der Waals surface area contributed by atoms with Gasteiger partial charge in [-0.15, -0.1) is 0 Å². The highest BCUT2D eigenvalue weighted by Crippen LogP contribution is 2.73. The lowest BCUT2D eigenvalue weighted by molar-refractivity contribution is -0.142. The van der Waals surface area contributed by atoms with Crippen LogP contribution >= 0.6 is 0 Å². The molecule has 0 bridgehead atoms. The number of ether oxygens (including phenoxy) is 2. The molecule has 1 aliphatic heterocycles. The van der Waals surface area contributed by atoms with Crippen LogP contribution in [0, 0.1) is 58.2 Å². The molecule has 0 unspecified atom stereocenters. The molecule has 1 saturated heterocycles. The van der Waals surface area contributed by atoms with Gasteiger partial charge in [0, 0.05) is 6.42 Å². The molecule has 1 heterocycles. The van der Waals surface area contributed by atoms with Gasteiger partial charge in [0.15, 0.2) is 0 Å². The molecule has 4 aliphatic carbocycles. The van der Waals surface area contributed by atoms with Crippen molar-refractivity contribution in [1.82, 2.24) is 0 Å². The Labute approximate surface area is 184 Å². The molecule has 0 N–H and O–H groups in total. The van der Waals surface area contributed by atoms with Crippen molar-refractivity contribution >= 4 is 5.97 Å². The van der Waals surface area contributed by atoms with Gasteiger partial charge in [-0.2, -0.15) is 0 Å². The fourth-order valence-corrected chi connectivity index (χ4v) is 9.68. The number of epoxide rings is 1. The molecule has 0 amide bonds. The highest BCUT2D eigenvalue weighted by atomic mass is 16.6. The Morgan fingerprint density at radius 2 is 1.83 bits per heavy atom. The smallest absolute Gasteiger partial charge is 0.305 e. The van der Waals surface area contributed by atoms with E-state index >= 15 is 0 Å². The standard InChI is InChI=1S/C27H44O3/c1-15-11-12-26(4)20-14-17(3)27(5)18(16(2)7-10-22(28)29-6)8-9-19(27)23(20)25-24(30-25)21(26)13-15/h15-21,23-25H,7-14H2,1-6H3/t15-,16-,17+,18-,19+,20+,21+,23+,24-,25+,26-,27-/m1/s1. The van der Waals surface area contributed by atoms with E-state index in [0.717, 1.165) is 47.8 Å². The summed E-state index contributed by atoms with van der Waals surface area (Å²) in [6, 6.07) is 0. The lowest BCUT2D eigenvalue weighted by atomic mass is 9.42. The third kappa shape index (κ3) is 2.89. The maximum atomic E-state index is 11.7. The van der Waals surface area contributed by atoms with E-state index in [4.69, 9.17) is 9.47 Å². The number of hydrogen-bond donors (Lipinski definition) is 0. The molecule has 0 aromatic rings. The van der Waals surface area contributed by atoms with Crippen LogP contribution in [0.1, 0.15) is 86.0 Å². The van der Waals surface area contributed by atoms with Crippen molar-refractivity contribution in [2.45, 2.75) is 98.2 Å². The Morgan fingerprint density at radius 3 is 2.57 bits per heavy atom. The second-order valence-electron chi connectivity index (χ2n) is 12.6. The summed E-state index contributed by atoms with van der Waals surface area (Å²) < 4.78 is 11.5. The zero-order valence-corrected chi connectivity index (χ0v) is 20.2. The lowest BCUT2D eigenvalue weighted by Gasteiger charge is -2.61. The van der Waals surface area contributed by atoms with E-state index in [1.54, 1.807) is 0 Å². The van der Waals surface area contributed by atoms with Crippen molar-refractivity contribution < 1.29 is 14.3 Å². The molecule has 170 valence electrons. The zero-order valence-electron chi connectivity index (χ0n) is 20.2. The minimum atomic E-state index is -0.0506. The first-order valence-corrected chi connectivity index (χ1v) is 12.9. The SMILES string of the molecule is COC(=O)CC[C@@H](C)[C@H]1CC[C@H]2[C@@H]3[C@@H]4O[C@@H]4[C@@H]4C[C@H](C)CC[C@]4(C)[C@H]3C[C@H](C)[C@]12C. The van der Waals surface area contributed by atoms with E-state index in [1.165, 1.54) is 45.6 Å². The lowest BCUT2D eigenvalue weighted by Crippen LogP contribution is -2.59. The summed E-state index contributed by atoms with van der Waals surface area (Å²) in [5, 5.41) is 0. The molecule has 3 heteroatoms. The minimum Gasteiger partial charge on any atom is -0.469 e. The van der Waals surface area contributed by atoms with Crippen LogP contribution in [0.4, 0.5) is 0 Å². The van der Waals surface area contributed by atoms with E-state index in [2.05, 4.69) is 34.6 Å². The molecule has 5 aliphatic rings. The summed E-state index contributed by atoms with van der Waals surface area (Å²) in [6.07, 6.45) is 11.0. The first-order valence-electron chi connectivity index (χ1n) is 12.9. The van der Waals surface area contributed by atoms with Gasteiger partial charge in [-0.25, -0.2) is 0 Å². The fourth-order valence-electron chi connectivity index (χ4n) is 9.68. The molecular formula is C27H44O3. The summed E-state index contributed by atoms with van der Waals surface area (Å²) in [6.45, 7) is 12.7. The molecule has 0 radical (unpaired) electrons. The number of hydrogen-bond acceptors (Lipinski definition) is 3. The van der Waals surface area contributed by atoms with Crippen molar-refractivity contribution in [3.63, 3.8) is 0 Å². The van der Waals surface area contributed by atoms with Crippen LogP contribution in [0.3, 0.4) is 0 Å². The quantitative estimate of drug-likeness (QED) is 0.410. The number of esters is 1. The third-order valence-corrected chi connectivity index (χ3v) is 11.6. The van der Waals surface area contributed by atoms with Gasteiger partial charge in [-0.05, 0) is 96.7 Å². The Bertz CT molecular complexity index is 690. The summed E-state index contributed by atoms with van der Waals surface area (Å²) in [7, 11) is 1.51. The molecule has 5 rings (SSSR count). The molecule has 0 aromatic heterocycles. The minimum absolute atomic E-state index is 0.0506. The zero-order chi connectivity index (χ0) is 21.4. The topological polar surface area (TPSA) is 38.8 Å². The number of carbonyl (C=O) groups is 1. The van der Waals surface area contributed by atoms with Crippen LogP contribution in [0.25, 0.3) is 0 Å². The van der Waals surface area contributed by atoms with Crippen LogP contribution < -0.4 is 0 Å². The molecule has 3 nitrogen and oxygen atoms in total. The molecule has 12 atom stereocenters. The number of fused-ring (bicyclic) bond motifs is 8. The fraction of sp³-hybridized carbons (Fsp3) is 0.963. The maximum Gasteiger partial charge on any atom is 0.305 e. The van der Waals surface area contributed by atoms with Gasteiger partial charge in [0.1, 0.15) is 0 Å². The van der Waals surface area contributed by atoms with E-state index in [9.17, 15) is 4.79 Å². The predicted molar refractivity (Wildman–Crippen MR) is 119 cm³/mol. The van der Waals surface area contributed by atoms with Gasteiger partial charge in [-0.3, -0.25) is 4.79 Å². The first kappa shape index (κ1) is 21.3. The van der Waals surface area contributed by atoms with E-state index in [-0.39, 0.29) is 5.97 Å². The highest BCUT2D eigenvalue weighted by molar-refractivity contribution is 5.69. The summed E-state index contributed by atoms with van der Waals surface area (Å²) in [5.74, 6) is 6.18. The summed E-state index contributed by atoms with van der Waals surface area (Å²) in [4.78, 5) is 11.7. The van der Waals surface area contributed by atoms with Gasteiger partial charge in [0.05, 0.1) is 19.3 Å². The van der Waals surface area contributed by atoms with Gasteiger partial charge >= 0.3 is 5.97 Å². The van der Waals surface area contributed by atoms with Crippen LogP contribution in [-0.2, 0) is 14.3 Å². The van der Waals surface area contributed by atoms with Gasteiger partial charge in [-0.1, -0.05) is 41.0 Å². The second-order valence-corrected chi connectivity index (χ2v) is 12.6. The van der Waals surface area contributed by atoms with Crippen molar-refractivity contribution in [2.75, 3.05) is 7.11 Å². The second kappa shape index (κ2) is 7.22. The van der Waals surface area contributed by atoms with Gasteiger partial charge in [0.25, 0.3) is 0 Å². The summed E-state index contributed by atoms with van der Waals surface area (Å²) >= 11 is 0. The van der Waals surface area contributed by atoms with Crippen LogP contribution in [0.5, 0.6) is 0 Å². The Balaban J connectivity index is 1.40. The number of methoxy groups -OCH3 is 1. The van der Waals surface area contributed by atoms with Crippen LogP contribution in [0.15, 0.2) is 0 Å². The van der Waals surface area contributed by atoms with Crippen molar-refractivity contribution in [2.24, 2.45) is 58.2 Å². The number of rotatable bonds is 4. The van der Waals surface area contributed by atoms with Crippen LogP contribution in [0.2, 0.25) is 0 Å². The Hall–Kier alpha value is -0.570. The van der Waals surface area contributed by atoms with E-state index < -0.39 is 0 Å². The highest BCUT2D eigenvalue weighted by Gasteiger charge is 2.71.